The number of benzene rings is 2. The van der Waals surface area contributed by atoms with E-state index < -0.39 is 10.8 Å². The number of carbonyl (C=O) groups excluding carboxylic acids is 2. The number of amides is 2. The molecular weight excluding hydrogens is 555 g/mol. The maximum atomic E-state index is 12.7. The summed E-state index contributed by atoms with van der Waals surface area (Å²) in [6.45, 7) is 0.186. The van der Waals surface area contributed by atoms with Crippen molar-refractivity contribution in [3.8, 4) is 11.3 Å². The van der Waals surface area contributed by atoms with Gasteiger partial charge < -0.3 is 4.42 Å². The number of rotatable bonds is 5. The zero-order valence-corrected chi connectivity index (χ0v) is 19.3. The van der Waals surface area contributed by atoms with E-state index >= 15 is 0 Å². The molecule has 0 bridgehead atoms. The highest BCUT2D eigenvalue weighted by molar-refractivity contribution is 14.1. The Kier molecular flexibility index (Phi) is 6.17. The maximum Gasteiger partial charge on any atom is 0.293 e. The van der Waals surface area contributed by atoms with Crippen molar-refractivity contribution in [1.29, 1.82) is 0 Å². The molecule has 1 aromatic heterocycles. The summed E-state index contributed by atoms with van der Waals surface area (Å²) < 4.78 is 6.78. The molecule has 0 atom stereocenters. The molecule has 0 saturated carbocycles. The molecule has 10 heteroatoms. The SMILES string of the molecule is O=C1S/C(=C/c2ccc(-c3cc([N+](=O)[O-])ccc3Cl)o2)C(=O)N1Cc1ccc(I)cc1. The van der Waals surface area contributed by atoms with E-state index in [-0.39, 0.29) is 22.4 Å². The lowest BCUT2D eigenvalue weighted by atomic mass is 10.1. The third-order valence-corrected chi connectivity index (χ3v) is 6.41. The van der Waals surface area contributed by atoms with Crippen molar-refractivity contribution in [2.75, 3.05) is 0 Å². The number of furan rings is 1. The van der Waals surface area contributed by atoms with Crippen molar-refractivity contribution >= 4 is 68.9 Å². The van der Waals surface area contributed by atoms with Gasteiger partial charge >= 0.3 is 0 Å². The molecule has 1 saturated heterocycles. The summed E-state index contributed by atoms with van der Waals surface area (Å²) in [4.78, 5) is 37.0. The normalized spacial score (nSPS) is 15.2. The van der Waals surface area contributed by atoms with Crippen molar-refractivity contribution in [3.63, 3.8) is 0 Å². The molecule has 31 heavy (non-hydrogen) atoms. The lowest BCUT2D eigenvalue weighted by Crippen LogP contribution is -2.27. The van der Waals surface area contributed by atoms with E-state index in [0.29, 0.717) is 22.1 Å². The van der Waals surface area contributed by atoms with Crippen molar-refractivity contribution in [3.05, 3.63) is 89.5 Å². The third-order valence-electron chi connectivity index (χ3n) is 4.45. The smallest absolute Gasteiger partial charge is 0.293 e. The number of hydrogen-bond acceptors (Lipinski definition) is 6. The van der Waals surface area contributed by atoms with Gasteiger partial charge in [0.25, 0.3) is 16.8 Å². The molecule has 2 amide bonds. The largest absolute Gasteiger partial charge is 0.457 e. The van der Waals surface area contributed by atoms with Gasteiger partial charge in [-0.3, -0.25) is 24.6 Å². The molecule has 3 aromatic rings. The average molecular weight is 567 g/mol. The van der Waals surface area contributed by atoms with Crippen LogP contribution >= 0.6 is 46.0 Å². The van der Waals surface area contributed by atoms with Gasteiger partial charge in [-0.15, -0.1) is 0 Å². The summed E-state index contributed by atoms with van der Waals surface area (Å²) in [6, 6.07) is 14.8. The molecule has 0 unspecified atom stereocenters. The van der Waals surface area contributed by atoms with Gasteiger partial charge in [-0.2, -0.15) is 0 Å². The number of carbonyl (C=O) groups is 2. The number of thioether (sulfide) groups is 1. The van der Waals surface area contributed by atoms with Crippen LogP contribution in [0.2, 0.25) is 5.02 Å². The summed E-state index contributed by atoms with van der Waals surface area (Å²) >= 11 is 9.18. The van der Waals surface area contributed by atoms with E-state index in [4.69, 9.17) is 16.0 Å². The molecule has 7 nitrogen and oxygen atoms in total. The molecule has 0 spiro atoms. The molecule has 1 fully saturated rings. The average Bonchev–Trinajstić information content (AvgIpc) is 3.30. The topological polar surface area (TPSA) is 93.7 Å². The molecule has 2 aromatic carbocycles. The second kappa shape index (κ2) is 8.85. The van der Waals surface area contributed by atoms with Crippen molar-refractivity contribution in [2.45, 2.75) is 6.54 Å². The Balaban J connectivity index is 1.56. The Bertz CT molecular complexity index is 1240. The van der Waals surface area contributed by atoms with E-state index in [2.05, 4.69) is 22.6 Å². The molecule has 2 heterocycles. The first-order chi connectivity index (χ1) is 14.8. The van der Waals surface area contributed by atoms with Crippen LogP contribution in [0.1, 0.15) is 11.3 Å². The minimum Gasteiger partial charge on any atom is -0.457 e. The Hall–Kier alpha value is -2.63. The van der Waals surface area contributed by atoms with Gasteiger partial charge in [-0.1, -0.05) is 23.7 Å². The second-order valence-electron chi connectivity index (χ2n) is 6.52. The molecule has 0 aliphatic carbocycles. The highest BCUT2D eigenvalue weighted by atomic mass is 127. The molecule has 4 rings (SSSR count). The maximum absolute atomic E-state index is 12.7. The number of nitrogens with zero attached hydrogens (tertiary/aromatic N) is 2. The minimum absolute atomic E-state index is 0.117. The lowest BCUT2D eigenvalue weighted by molar-refractivity contribution is -0.384. The van der Waals surface area contributed by atoms with Crippen LogP contribution in [-0.4, -0.2) is 21.0 Å². The lowest BCUT2D eigenvalue weighted by Gasteiger charge is -2.12. The summed E-state index contributed by atoms with van der Waals surface area (Å²) in [7, 11) is 0. The summed E-state index contributed by atoms with van der Waals surface area (Å²) in [5, 5.41) is 11.0. The van der Waals surface area contributed by atoms with E-state index in [0.717, 1.165) is 20.9 Å². The Morgan fingerprint density at radius 2 is 1.87 bits per heavy atom. The van der Waals surface area contributed by atoms with Gasteiger partial charge in [-0.25, -0.2) is 0 Å². The first kappa shape index (κ1) is 21.6. The molecule has 156 valence electrons. The van der Waals surface area contributed by atoms with Crippen LogP contribution in [0.4, 0.5) is 10.5 Å². The van der Waals surface area contributed by atoms with Gasteiger partial charge in [0.05, 0.1) is 21.4 Å². The zero-order chi connectivity index (χ0) is 22.1. The fourth-order valence-corrected chi connectivity index (χ4v) is 4.32. The fraction of sp³-hybridized carbons (Fsp3) is 0.0476. The van der Waals surface area contributed by atoms with Gasteiger partial charge in [0, 0.05) is 27.3 Å². The van der Waals surface area contributed by atoms with E-state index in [1.807, 2.05) is 24.3 Å². The van der Waals surface area contributed by atoms with Crippen molar-refractivity contribution < 1.29 is 18.9 Å². The fourth-order valence-electron chi connectivity index (χ4n) is 2.93. The predicted molar refractivity (Wildman–Crippen MR) is 126 cm³/mol. The van der Waals surface area contributed by atoms with Gasteiger partial charge in [0.2, 0.25) is 0 Å². The molecule has 0 radical (unpaired) electrons. The van der Waals surface area contributed by atoms with E-state index in [1.165, 1.54) is 29.2 Å². The first-order valence-electron chi connectivity index (χ1n) is 8.86. The van der Waals surface area contributed by atoms with Crippen LogP contribution in [0, 0.1) is 13.7 Å². The Morgan fingerprint density at radius 1 is 1.13 bits per heavy atom. The third kappa shape index (κ3) is 4.68. The number of imide groups is 1. The van der Waals surface area contributed by atoms with Gasteiger partial charge in [-0.05, 0) is 70.2 Å². The predicted octanol–water partition coefficient (Wildman–Crippen LogP) is 6.35. The standard InChI is InChI=1S/C21H12ClIN2O5S/c22-17-7-5-14(25(28)29)9-16(17)18-8-6-15(30-18)10-19-20(26)24(21(27)31-19)11-12-1-3-13(23)4-2-12/h1-10H,11H2/b19-10+. The number of hydrogen-bond donors (Lipinski definition) is 0. The molecule has 1 aliphatic heterocycles. The summed E-state index contributed by atoms with van der Waals surface area (Å²) in [6.07, 6.45) is 1.48. The summed E-state index contributed by atoms with van der Waals surface area (Å²) in [5.74, 6) is 0.246. The highest BCUT2D eigenvalue weighted by Gasteiger charge is 2.35. The second-order valence-corrected chi connectivity index (χ2v) is 9.16. The molecule has 0 N–H and O–H groups in total. The van der Waals surface area contributed by atoms with E-state index in [9.17, 15) is 19.7 Å². The number of nitro groups is 1. The number of nitro benzene ring substituents is 1. The van der Waals surface area contributed by atoms with Gasteiger partial charge in [0.15, 0.2) is 0 Å². The number of non-ortho nitro benzene ring substituents is 1. The van der Waals surface area contributed by atoms with Crippen LogP contribution in [-0.2, 0) is 11.3 Å². The van der Waals surface area contributed by atoms with Crippen molar-refractivity contribution in [1.82, 2.24) is 4.90 Å². The minimum atomic E-state index is -0.521. The Morgan fingerprint density at radius 3 is 2.58 bits per heavy atom. The van der Waals surface area contributed by atoms with Crippen LogP contribution in [0.3, 0.4) is 0 Å². The van der Waals surface area contributed by atoms with Crippen LogP contribution in [0.5, 0.6) is 0 Å². The molecular formula is C21H12ClIN2O5S. The first-order valence-corrected chi connectivity index (χ1v) is 11.1. The quantitative estimate of drug-likeness (QED) is 0.155. The zero-order valence-electron chi connectivity index (χ0n) is 15.6. The van der Waals surface area contributed by atoms with Crippen LogP contribution in [0.25, 0.3) is 17.4 Å². The van der Waals surface area contributed by atoms with E-state index in [1.54, 1.807) is 12.1 Å². The molecule has 1 aliphatic rings. The summed E-state index contributed by atoms with van der Waals surface area (Å²) in [5.41, 5.74) is 1.10. The monoisotopic (exact) mass is 566 g/mol. The van der Waals surface area contributed by atoms with Crippen LogP contribution in [0.15, 0.2) is 63.9 Å². The highest BCUT2D eigenvalue weighted by Crippen LogP contribution is 2.36. The van der Waals surface area contributed by atoms with Gasteiger partial charge in [0.1, 0.15) is 11.5 Å². The Labute approximate surface area is 199 Å². The van der Waals surface area contributed by atoms with Crippen LogP contribution < -0.4 is 0 Å². The number of halogens is 2. The van der Waals surface area contributed by atoms with Crippen molar-refractivity contribution in [2.24, 2.45) is 0 Å².